The average Bonchev–Trinajstić information content (AvgIpc) is 2.50. The molecule has 1 N–H and O–H groups in total. The Morgan fingerprint density at radius 2 is 1.35 bits per heavy atom. The van der Waals surface area contributed by atoms with Gasteiger partial charge < -0.3 is 9.94 Å². The van der Waals surface area contributed by atoms with Gasteiger partial charge in [0.25, 0.3) is 6.47 Å². The van der Waals surface area contributed by atoms with Gasteiger partial charge in [0.05, 0.1) is 0 Å². The summed E-state index contributed by atoms with van der Waals surface area (Å²) in [6, 6.07) is 12.0. The molecular weight excluding hydrogens is 258 g/mol. The molecule has 0 amide bonds. The predicted octanol–water partition coefficient (Wildman–Crippen LogP) is 4.43. The van der Waals surface area contributed by atoms with Gasteiger partial charge >= 0.3 is 0 Å². The van der Waals surface area contributed by atoms with Crippen LogP contribution in [0.5, 0.6) is 0 Å². The van der Waals surface area contributed by atoms with E-state index in [1.807, 2.05) is 36.4 Å². The number of nitrogens with zero attached hydrogens (tertiary/aromatic N) is 1. The number of hydrogen-bond acceptors (Lipinski definition) is 4. The smallest absolute Gasteiger partial charge is 0.290 e. The molecule has 20 heavy (non-hydrogen) atoms. The van der Waals surface area contributed by atoms with Crippen LogP contribution in [0.2, 0.25) is 0 Å². The second kappa shape index (κ2) is 22.3. The van der Waals surface area contributed by atoms with Crippen molar-refractivity contribution in [1.29, 1.82) is 0 Å². The van der Waals surface area contributed by atoms with E-state index in [1.165, 1.54) is 25.7 Å². The van der Waals surface area contributed by atoms with E-state index in [-0.39, 0.29) is 6.47 Å². The fourth-order valence-corrected chi connectivity index (χ4v) is 1.37. The van der Waals surface area contributed by atoms with Gasteiger partial charge in [0.1, 0.15) is 6.61 Å². The fourth-order valence-electron chi connectivity index (χ4n) is 1.37. The summed E-state index contributed by atoms with van der Waals surface area (Å²) in [7, 11) is 0. The van der Waals surface area contributed by atoms with E-state index in [1.54, 1.807) is 0 Å². The van der Waals surface area contributed by atoms with Gasteiger partial charge in [-0.3, -0.25) is 4.79 Å². The predicted molar refractivity (Wildman–Crippen MR) is 80.3 cm³/mol. The molecule has 0 spiro atoms. The fraction of sp³-hybridized carbons (Fsp3) is 0.533. The molecule has 0 heterocycles. The highest BCUT2D eigenvalue weighted by Crippen LogP contribution is 2.04. The summed E-state index contributed by atoms with van der Waals surface area (Å²) in [6.07, 6.45) is 7.23. The number of hydrogen-bond donors (Lipinski definition) is 1. The molecule has 0 aromatic heterocycles. The quantitative estimate of drug-likeness (QED) is 0.331. The molecule has 0 bridgehead atoms. The van der Waals surface area contributed by atoms with E-state index in [9.17, 15) is 4.91 Å². The topological polar surface area (TPSA) is 76.0 Å². The van der Waals surface area contributed by atoms with Crippen molar-refractivity contribution in [1.82, 2.24) is 0 Å². The van der Waals surface area contributed by atoms with Crippen molar-refractivity contribution in [3.8, 4) is 0 Å². The average molecular weight is 283 g/mol. The third kappa shape index (κ3) is 25.1. The minimum absolute atomic E-state index is 0.250. The summed E-state index contributed by atoms with van der Waals surface area (Å²) < 4.78 is 0. The summed E-state index contributed by atoms with van der Waals surface area (Å²) in [5.74, 6) is 0. The molecule has 0 radical (unpaired) electrons. The Bertz CT molecular complexity index is 254. The molecule has 0 atom stereocenters. The van der Waals surface area contributed by atoms with Gasteiger partial charge in [-0.05, 0) is 12.8 Å². The standard InChI is InChI=1S/C8H17NO2.C6H6.CH2O2/c1-2-3-4-5-6-7-8-11-9-10;1-2-4-6-5-3-1;2-1-3/h2-8H2,1H3;1-6H;1H,(H,2,3). The van der Waals surface area contributed by atoms with E-state index in [0.717, 1.165) is 12.8 Å². The molecule has 5 heteroatoms. The van der Waals surface area contributed by atoms with E-state index >= 15 is 0 Å². The zero-order chi connectivity index (χ0) is 15.3. The Hall–Kier alpha value is -1.91. The first-order valence-corrected chi connectivity index (χ1v) is 6.85. The van der Waals surface area contributed by atoms with Gasteiger partial charge in [0.2, 0.25) is 0 Å². The molecule has 0 saturated heterocycles. The second-order valence-corrected chi connectivity index (χ2v) is 3.94. The summed E-state index contributed by atoms with van der Waals surface area (Å²) in [4.78, 5) is 22.1. The lowest BCUT2D eigenvalue weighted by Gasteiger charge is -1.97. The van der Waals surface area contributed by atoms with Gasteiger partial charge in [0.15, 0.2) is 5.34 Å². The highest BCUT2D eigenvalue weighted by molar-refractivity contribution is 5.32. The van der Waals surface area contributed by atoms with Crippen molar-refractivity contribution in [2.24, 2.45) is 5.34 Å². The Morgan fingerprint density at radius 3 is 1.75 bits per heavy atom. The van der Waals surface area contributed by atoms with Crippen LogP contribution in [0.4, 0.5) is 0 Å². The van der Waals surface area contributed by atoms with Gasteiger partial charge in [-0.2, -0.15) is 0 Å². The highest BCUT2D eigenvalue weighted by atomic mass is 16.7. The lowest BCUT2D eigenvalue weighted by Crippen LogP contribution is -1.86. The van der Waals surface area contributed by atoms with Crippen LogP contribution < -0.4 is 0 Å². The van der Waals surface area contributed by atoms with Crippen LogP contribution >= 0.6 is 0 Å². The molecule has 0 unspecified atom stereocenters. The van der Waals surface area contributed by atoms with Gasteiger partial charge in [-0.15, -0.1) is 4.91 Å². The lowest BCUT2D eigenvalue weighted by molar-refractivity contribution is -0.122. The van der Waals surface area contributed by atoms with Crippen LogP contribution in [0.1, 0.15) is 45.4 Å². The summed E-state index contributed by atoms with van der Waals surface area (Å²) in [6.45, 7) is 2.43. The molecule has 0 saturated carbocycles. The Kier molecular flexibility index (Phi) is 22.7. The van der Waals surface area contributed by atoms with Crippen molar-refractivity contribution in [3.63, 3.8) is 0 Å². The van der Waals surface area contributed by atoms with Crippen molar-refractivity contribution < 1.29 is 14.7 Å². The monoisotopic (exact) mass is 283 g/mol. The van der Waals surface area contributed by atoms with Crippen LogP contribution in [0.3, 0.4) is 0 Å². The van der Waals surface area contributed by atoms with Gasteiger partial charge in [-0.1, -0.05) is 69.0 Å². The molecule has 0 aliphatic rings. The molecule has 0 aliphatic heterocycles. The van der Waals surface area contributed by atoms with E-state index in [2.05, 4.69) is 17.1 Å². The lowest BCUT2D eigenvalue weighted by atomic mass is 10.1. The first kappa shape index (κ1) is 20.4. The van der Waals surface area contributed by atoms with E-state index in [0.29, 0.717) is 6.61 Å². The summed E-state index contributed by atoms with van der Waals surface area (Å²) in [5.41, 5.74) is 0. The summed E-state index contributed by atoms with van der Waals surface area (Å²) in [5, 5.41) is 9.21. The van der Waals surface area contributed by atoms with Crippen molar-refractivity contribution in [2.75, 3.05) is 6.61 Å². The van der Waals surface area contributed by atoms with Crippen LogP contribution in [0, 0.1) is 4.91 Å². The van der Waals surface area contributed by atoms with Crippen molar-refractivity contribution >= 4 is 6.47 Å². The van der Waals surface area contributed by atoms with Crippen LogP contribution in [0.15, 0.2) is 41.7 Å². The number of rotatable bonds is 8. The summed E-state index contributed by atoms with van der Waals surface area (Å²) >= 11 is 0. The minimum Gasteiger partial charge on any atom is -0.483 e. The maximum Gasteiger partial charge on any atom is 0.290 e. The first-order valence-electron chi connectivity index (χ1n) is 6.85. The largest absolute Gasteiger partial charge is 0.483 e. The molecule has 5 nitrogen and oxygen atoms in total. The second-order valence-electron chi connectivity index (χ2n) is 3.94. The Balaban J connectivity index is 0. The van der Waals surface area contributed by atoms with Crippen LogP contribution in [-0.2, 0) is 9.63 Å². The zero-order valence-electron chi connectivity index (χ0n) is 12.1. The highest BCUT2D eigenvalue weighted by Gasteiger charge is 1.89. The SMILES string of the molecule is CCCCCCCCON=O.O=CO.c1ccccc1. The number of unbranched alkanes of at least 4 members (excludes halogenated alkanes) is 5. The van der Waals surface area contributed by atoms with Crippen LogP contribution in [-0.4, -0.2) is 18.2 Å². The van der Waals surface area contributed by atoms with E-state index < -0.39 is 0 Å². The van der Waals surface area contributed by atoms with E-state index in [4.69, 9.17) is 9.90 Å². The molecule has 0 fully saturated rings. The van der Waals surface area contributed by atoms with Crippen molar-refractivity contribution in [3.05, 3.63) is 41.3 Å². The molecule has 1 aromatic carbocycles. The maximum atomic E-state index is 9.47. The maximum absolute atomic E-state index is 9.47. The molecule has 114 valence electrons. The number of carbonyl (C=O) groups is 1. The normalized spacial score (nSPS) is 8.25. The molecule has 1 rings (SSSR count). The molecule has 1 aromatic rings. The number of carboxylic acid groups (broad SMARTS) is 1. The van der Waals surface area contributed by atoms with Crippen LogP contribution in [0.25, 0.3) is 0 Å². The van der Waals surface area contributed by atoms with Gasteiger partial charge in [-0.25, -0.2) is 0 Å². The first-order chi connectivity index (χ1) is 9.83. The third-order valence-corrected chi connectivity index (χ3v) is 2.31. The van der Waals surface area contributed by atoms with Gasteiger partial charge in [0, 0.05) is 0 Å². The van der Waals surface area contributed by atoms with Crippen molar-refractivity contribution in [2.45, 2.75) is 45.4 Å². The number of benzene rings is 1. The molecular formula is C15H25NO4. The molecule has 0 aliphatic carbocycles. The zero-order valence-corrected chi connectivity index (χ0v) is 12.1. The third-order valence-electron chi connectivity index (χ3n) is 2.31. The Morgan fingerprint density at radius 1 is 0.950 bits per heavy atom. The minimum atomic E-state index is -0.250. The Labute approximate surface area is 120 Å².